The van der Waals surface area contributed by atoms with Crippen molar-refractivity contribution < 1.29 is 13.7 Å². The quantitative estimate of drug-likeness (QED) is 0.910. The molecular weight excluding hydrogens is 249 g/mol. The van der Waals surface area contributed by atoms with Crippen molar-refractivity contribution in [2.24, 2.45) is 5.73 Å². The highest BCUT2D eigenvalue weighted by molar-refractivity contribution is 6.31. The fourth-order valence-electron chi connectivity index (χ4n) is 1.32. The molecule has 0 saturated heterocycles. The molecule has 0 fully saturated rings. The first kappa shape index (κ1) is 11.8. The Bertz CT molecular complexity index is 544. The third-order valence-electron chi connectivity index (χ3n) is 2.11. The minimum absolute atomic E-state index is 0.0200. The van der Waals surface area contributed by atoms with Crippen LogP contribution in [-0.4, -0.2) is 17.3 Å². The zero-order chi connectivity index (χ0) is 12.4. The Hall–Kier alpha value is -1.66. The van der Waals surface area contributed by atoms with E-state index in [4.69, 9.17) is 26.6 Å². The predicted octanol–water partition coefficient (Wildman–Crippen LogP) is 2.00. The Labute approximate surface area is 101 Å². The Balaban J connectivity index is 2.54. The number of ether oxygens (including phenoxy) is 1. The summed E-state index contributed by atoms with van der Waals surface area (Å²) in [7, 11) is 1.35. The lowest BCUT2D eigenvalue weighted by molar-refractivity contribution is 0.379. The molecule has 0 saturated carbocycles. The number of nitrogens with two attached hydrogens (primary N) is 1. The lowest BCUT2D eigenvalue weighted by Gasteiger charge is -2.05. The van der Waals surface area contributed by atoms with Crippen molar-refractivity contribution in [1.29, 1.82) is 0 Å². The van der Waals surface area contributed by atoms with Crippen LogP contribution < -0.4 is 10.5 Å². The van der Waals surface area contributed by atoms with Gasteiger partial charge in [0, 0.05) is 11.1 Å². The van der Waals surface area contributed by atoms with E-state index in [2.05, 4.69) is 10.1 Å². The van der Waals surface area contributed by atoms with Crippen LogP contribution in [0, 0.1) is 5.82 Å². The SMILES string of the molecule is COc1cc(Cl)cc(-c2noc(CN)n2)c1F. The van der Waals surface area contributed by atoms with Gasteiger partial charge in [0.1, 0.15) is 0 Å². The summed E-state index contributed by atoms with van der Waals surface area (Å²) in [6, 6.07) is 2.76. The summed E-state index contributed by atoms with van der Waals surface area (Å²) >= 11 is 5.83. The third-order valence-corrected chi connectivity index (χ3v) is 2.33. The second kappa shape index (κ2) is 4.68. The highest BCUT2D eigenvalue weighted by Crippen LogP contribution is 2.31. The van der Waals surface area contributed by atoms with Crippen LogP contribution in [0.1, 0.15) is 5.89 Å². The molecule has 0 amide bonds. The van der Waals surface area contributed by atoms with Gasteiger partial charge in [-0.3, -0.25) is 0 Å². The maximum atomic E-state index is 13.9. The molecule has 0 aliphatic heterocycles. The number of halogens is 2. The van der Waals surface area contributed by atoms with Crippen molar-refractivity contribution in [3.8, 4) is 17.1 Å². The van der Waals surface area contributed by atoms with Crippen molar-refractivity contribution in [3.63, 3.8) is 0 Å². The van der Waals surface area contributed by atoms with Gasteiger partial charge in [0.25, 0.3) is 0 Å². The average molecular weight is 258 g/mol. The molecule has 2 aromatic rings. The number of hydrogen-bond acceptors (Lipinski definition) is 5. The first-order valence-electron chi connectivity index (χ1n) is 4.71. The molecule has 0 bridgehead atoms. The van der Waals surface area contributed by atoms with Gasteiger partial charge in [0.2, 0.25) is 11.7 Å². The topological polar surface area (TPSA) is 74.2 Å². The molecule has 2 rings (SSSR count). The zero-order valence-electron chi connectivity index (χ0n) is 8.91. The Kier molecular flexibility index (Phi) is 3.26. The molecule has 2 N–H and O–H groups in total. The average Bonchev–Trinajstić information content (AvgIpc) is 2.80. The molecular formula is C10H9ClFN3O2. The summed E-state index contributed by atoms with van der Waals surface area (Å²) in [5.41, 5.74) is 5.43. The number of rotatable bonds is 3. The summed E-state index contributed by atoms with van der Waals surface area (Å²) < 4.78 is 23.6. The fourth-order valence-corrected chi connectivity index (χ4v) is 1.53. The van der Waals surface area contributed by atoms with E-state index >= 15 is 0 Å². The number of methoxy groups -OCH3 is 1. The molecule has 7 heteroatoms. The van der Waals surface area contributed by atoms with Crippen LogP contribution in [0.5, 0.6) is 5.75 Å². The molecule has 17 heavy (non-hydrogen) atoms. The molecule has 90 valence electrons. The lowest BCUT2D eigenvalue weighted by Crippen LogP contribution is -1.96. The lowest BCUT2D eigenvalue weighted by atomic mass is 10.2. The Morgan fingerprint density at radius 1 is 1.53 bits per heavy atom. The van der Waals surface area contributed by atoms with Crippen LogP contribution in [-0.2, 0) is 6.54 Å². The molecule has 0 spiro atoms. The number of aromatic nitrogens is 2. The van der Waals surface area contributed by atoms with E-state index in [1.165, 1.54) is 19.2 Å². The van der Waals surface area contributed by atoms with Crippen LogP contribution in [0.4, 0.5) is 4.39 Å². The highest BCUT2D eigenvalue weighted by atomic mass is 35.5. The molecule has 0 aliphatic carbocycles. The zero-order valence-corrected chi connectivity index (χ0v) is 9.66. The van der Waals surface area contributed by atoms with Crippen molar-refractivity contribution >= 4 is 11.6 Å². The van der Waals surface area contributed by atoms with Gasteiger partial charge in [0.05, 0.1) is 19.2 Å². The molecule has 1 aromatic heterocycles. The van der Waals surface area contributed by atoms with Crippen molar-refractivity contribution in [3.05, 3.63) is 28.9 Å². The first-order chi connectivity index (χ1) is 8.15. The molecule has 1 aromatic carbocycles. The van der Waals surface area contributed by atoms with E-state index in [0.29, 0.717) is 5.02 Å². The second-order valence-corrected chi connectivity index (χ2v) is 3.62. The monoisotopic (exact) mass is 257 g/mol. The van der Waals surface area contributed by atoms with Crippen LogP contribution >= 0.6 is 11.6 Å². The van der Waals surface area contributed by atoms with Gasteiger partial charge in [-0.15, -0.1) is 0 Å². The van der Waals surface area contributed by atoms with Crippen molar-refractivity contribution in [2.45, 2.75) is 6.54 Å². The predicted molar refractivity (Wildman–Crippen MR) is 59.1 cm³/mol. The molecule has 0 aliphatic rings. The fraction of sp³-hybridized carbons (Fsp3) is 0.200. The number of nitrogens with zero attached hydrogens (tertiary/aromatic N) is 2. The number of benzene rings is 1. The minimum atomic E-state index is -0.596. The van der Waals surface area contributed by atoms with Crippen molar-refractivity contribution in [2.75, 3.05) is 7.11 Å². The largest absolute Gasteiger partial charge is 0.494 e. The first-order valence-corrected chi connectivity index (χ1v) is 5.09. The number of hydrogen-bond donors (Lipinski definition) is 1. The summed E-state index contributed by atoms with van der Waals surface area (Å²) in [6.45, 7) is 0.0896. The maximum absolute atomic E-state index is 13.9. The molecule has 1 heterocycles. The van der Waals surface area contributed by atoms with E-state index in [1.807, 2.05) is 0 Å². The van der Waals surface area contributed by atoms with Gasteiger partial charge in [-0.2, -0.15) is 4.98 Å². The summed E-state index contributed by atoms with van der Waals surface area (Å²) in [5, 5.41) is 3.93. The van der Waals surface area contributed by atoms with Gasteiger partial charge < -0.3 is 15.0 Å². The van der Waals surface area contributed by atoms with Gasteiger partial charge in [-0.25, -0.2) is 4.39 Å². The standard InChI is InChI=1S/C10H9ClFN3O2/c1-16-7-3-5(11)2-6(9(7)12)10-14-8(4-13)17-15-10/h2-3H,4,13H2,1H3. The van der Waals surface area contributed by atoms with E-state index in [1.54, 1.807) is 0 Å². The van der Waals surface area contributed by atoms with E-state index < -0.39 is 5.82 Å². The summed E-state index contributed by atoms with van der Waals surface area (Å²) in [4.78, 5) is 3.92. The minimum Gasteiger partial charge on any atom is -0.494 e. The maximum Gasteiger partial charge on any atom is 0.240 e. The molecule has 0 unspecified atom stereocenters. The third kappa shape index (κ3) is 2.22. The van der Waals surface area contributed by atoms with Gasteiger partial charge in [-0.1, -0.05) is 16.8 Å². The Morgan fingerprint density at radius 2 is 2.29 bits per heavy atom. The molecule has 0 radical (unpaired) electrons. The van der Waals surface area contributed by atoms with E-state index in [0.717, 1.165) is 0 Å². The van der Waals surface area contributed by atoms with Crippen LogP contribution in [0.2, 0.25) is 5.02 Å². The summed E-state index contributed by atoms with van der Waals surface area (Å²) in [5.74, 6) is -0.269. The van der Waals surface area contributed by atoms with Crippen LogP contribution in [0.3, 0.4) is 0 Å². The van der Waals surface area contributed by atoms with Gasteiger partial charge in [-0.05, 0) is 6.07 Å². The normalized spacial score (nSPS) is 10.6. The van der Waals surface area contributed by atoms with Gasteiger partial charge >= 0.3 is 0 Å². The van der Waals surface area contributed by atoms with E-state index in [9.17, 15) is 4.39 Å². The van der Waals surface area contributed by atoms with E-state index in [-0.39, 0.29) is 29.6 Å². The van der Waals surface area contributed by atoms with Gasteiger partial charge in [0.15, 0.2) is 11.6 Å². The van der Waals surface area contributed by atoms with Crippen molar-refractivity contribution in [1.82, 2.24) is 10.1 Å². The van der Waals surface area contributed by atoms with Crippen LogP contribution in [0.15, 0.2) is 16.7 Å². The smallest absolute Gasteiger partial charge is 0.240 e. The van der Waals surface area contributed by atoms with Crippen LogP contribution in [0.25, 0.3) is 11.4 Å². The highest BCUT2D eigenvalue weighted by Gasteiger charge is 2.17. The molecule has 5 nitrogen and oxygen atoms in total. The summed E-state index contributed by atoms with van der Waals surface area (Å²) in [6.07, 6.45) is 0. The Morgan fingerprint density at radius 3 is 2.88 bits per heavy atom. The molecule has 0 atom stereocenters. The second-order valence-electron chi connectivity index (χ2n) is 3.19.